The largest absolute Gasteiger partial charge is 0.459 e. The van der Waals surface area contributed by atoms with Gasteiger partial charge >= 0.3 is 7.82 Å². The van der Waals surface area contributed by atoms with E-state index in [2.05, 4.69) is 19.7 Å². The van der Waals surface area contributed by atoms with Crippen molar-refractivity contribution < 1.29 is 18.6 Å². The Balaban J connectivity index is 4.90. The van der Waals surface area contributed by atoms with Crippen LogP contribution >= 0.6 is 7.82 Å². The molecule has 0 saturated carbocycles. The summed E-state index contributed by atoms with van der Waals surface area (Å²) in [5.41, 5.74) is 0. The average molecular weight is 248 g/mol. The maximum atomic E-state index is 10.9. The van der Waals surface area contributed by atoms with Crippen LogP contribution in [0.5, 0.6) is 0 Å². The smallest absolute Gasteiger partial charge is 0.328 e. The summed E-state index contributed by atoms with van der Waals surface area (Å²) in [7, 11) is -7.01. The van der Waals surface area contributed by atoms with Gasteiger partial charge in [0.1, 0.15) is 0 Å². The molecule has 0 bridgehead atoms. The lowest BCUT2D eigenvalue weighted by Gasteiger charge is -2.28. The number of rotatable bonds is 8. The van der Waals surface area contributed by atoms with Crippen molar-refractivity contribution in [1.29, 1.82) is 0 Å². The Labute approximate surface area is 91.3 Å². The summed E-state index contributed by atoms with van der Waals surface area (Å²) in [5.74, 6) is 0. The molecule has 0 radical (unpaired) electrons. The van der Waals surface area contributed by atoms with Gasteiger partial charge in [-0.3, -0.25) is 0 Å². The molecule has 0 unspecified atom stereocenters. The van der Waals surface area contributed by atoms with Gasteiger partial charge in [-0.15, -0.1) is 19.7 Å². The second kappa shape index (κ2) is 6.20. The third kappa shape index (κ3) is 5.87. The van der Waals surface area contributed by atoms with Crippen molar-refractivity contribution in [2.24, 2.45) is 0 Å². The molecule has 0 aliphatic heterocycles. The van der Waals surface area contributed by atoms with Crippen LogP contribution < -0.4 is 0 Å². The molecule has 0 aliphatic carbocycles. The maximum Gasteiger partial charge on any atom is 0.459 e. The molecule has 0 aromatic rings. The molecule has 0 heterocycles. The quantitative estimate of drug-likeness (QED) is 0.393. The molecule has 86 valence electrons. The number of hydrogen-bond acceptors (Lipinski definition) is 2. The van der Waals surface area contributed by atoms with Gasteiger partial charge in [-0.05, 0) is 18.1 Å². The lowest BCUT2D eigenvalue weighted by atomic mass is 10.7. The topological polar surface area (TPSA) is 66.8 Å². The highest BCUT2D eigenvalue weighted by molar-refractivity contribution is 7.48. The minimum atomic E-state index is -4.46. The summed E-state index contributed by atoms with van der Waals surface area (Å²) in [5, 5.41) is 0. The Hall–Kier alpha value is -0.453. The molecule has 0 aromatic heterocycles. The molecule has 2 N–H and O–H groups in total. The average Bonchev–Trinajstić information content (AvgIpc) is 2.01. The minimum Gasteiger partial charge on any atom is -0.328 e. The first kappa shape index (κ1) is 14.5. The van der Waals surface area contributed by atoms with Crippen molar-refractivity contribution in [1.82, 2.24) is 0 Å². The standard InChI is InChI=1S/C9H17O4PSi/c1-4-7-15(8-5-2,9-6-3)13-14(10,11)12/h4-6H,1-3,7-9H2,(H2,10,11,12). The Bertz CT molecular complexity index is 257. The van der Waals surface area contributed by atoms with Crippen molar-refractivity contribution in [3.8, 4) is 0 Å². The van der Waals surface area contributed by atoms with Crippen LogP contribution in [0.25, 0.3) is 0 Å². The molecule has 15 heavy (non-hydrogen) atoms. The second-order valence-corrected chi connectivity index (χ2v) is 8.55. The van der Waals surface area contributed by atoms with Gasteiger partial charge in [0.05, 0.1) is 0 Å². The van der Waals surface area contributed by atoms with Crippen LogP contribution in [0.15, 0.2) is 38.0 Å². The van der Waals surface area contributed by atoms with Gasteiger partial charge in [0.15, 0.2) is 0 Å². The van der Waals surface area contributed by atoms with Gasteiger partial charge in [-0.1, -0.05) is 18.2 Å². The third-order valence-electron chi connectivity index (χ3n) is 1.86. The van der Waals surface area contributed by atoms with E-state index in [4.69, 9.17) is 14.0 Å². The lowest BCUT2D eigenvalue weighted by Crippen LogP contribution is -2.35. The summed E-state index contributed by atoms with van der Waals surface area (Å²) < 4.78 is 15.8. The van der Waals surface area contributed by atoms with Gasteiger partial charge in [-0.2, -0.15) is 0 Å². The normalized spacial score (nSPS) is 12.1. The number of phosphoric acid groups is 1. The SMILES string of the molecule is C=CC[Si](CC=C)(CC=C)OP(=O)(O)O. The highest BCUT2D eigenvalue weighted by atomic mass is 31.2. The lowest BCUT2D eigenvalue weighted by molar-refractivity contribution is 0.279. The highest BCUT2D eigenvalue weighted by Gasteiger charge is 2.37. The summed E-state index contributed by atoms with van der Waals surface area (Å²) >= 11 is 0. The van der Waals surface area contributed by atoms with Crippen molar-refractivity contribution in [3.63, 3.8) is 0 Å². The van der Waals surface area contributed by atoms with E-state index in [-0.39, 0.29) is 0 Å². The molecule has 0 aliphatic rings. The molecule has 0 saturated heterocycles. The Morgan fingerprint density at radius 3 is 1.60 bits per heavy atom. The molecular formula is C9H17O4PSi. The molecular weight excluding hydrogens is 231 g/mol. The Morgan fingerprint density at radius 1 is 1.07 bits per heavy atom. The van der Waals surface area contributed by atoms with E-state index < -0.39 is 16.1 Å². The van der Waals surface area contributed by atoms with Crippen LogP contribution in [0.3, 0.4) is 0 Å². The van der Waals surface area contributed by atoms with Gasteiger partial charge in [0.25, 0.3) is 0 Å². The second-order valence-electron chi connectivity index (χ2n) is 3.24. The van der Waals surface area contributed by atoms with Crippen LogP contribution in [-0.2, 0) is 8.78 Å². The van der Waals surface area contributed by atoms with Crippen LogP contribution in [0.1, 0.15) is 0 Å². The molecule has 0 atom stereocenters. The van der Waals surface area contributed by atoms with E-state index >= 15 is 0 Å². The summed E-state index contributed by atoms with van der Waals surface area (Å²) in [6, 6.07) is 1.41. The maximum absolute atomic E-state index is 10.9. The van der Waals surface area contributed by atoms with E-state index in [1.54, 1.807) is 18.2 Å². The van der Waals surface area contributed by atoms with E-state index in [1.165, 1.54) is 0 Å². The van der Waals surface area contributed by atoms with Crippen molar-refractivity contribution in [3.05, 3.63) is 38.0 Å². The number of allylic oxidation sites excluding steroid dienone is 3. The summed E-state index contributed by atoms with van der Waals surface area (Å²) in [6.07, 6.45) is 4.86. The first-order valence-corrected chi connectivity index (χ1v) is 8.54. The molecule has 0 fully saturated rings. The van der Waals surface area contributed by atoms with E-state index in [0.29, 0.717) is 18.1 Å². The van der Waals surface area contributed by atoms with Crippen molar-refractivity contribution >= 4 is 16.1 Å². The molecule has 4 nitrogen and oxygen atoms in total. The molecule has 0 spiro atoms. The van der Waals surface area contributed by atoms with Crippen molar-refractivity contribution in [2.75, 3.05) is 0 Å². The van der Waals surface area contributed by atoms with Crippen LogP contribution in [-0.4, -0.2) is 18.1 Å². The first-order chi connectivity index (χ1) is 6.89. The molecule has 0 rings (SSSR count). The zero-order valence-corrected chi connectivity index (χ0v) is 10.5. The van der Waals surface area contributed by atoms with Gasteiger partial charge in [0.2, 0.25) is 8.32 Å². The van der Waals surface area contributed by atoms with E-state index in [9.17, 15) is 4.57 Å². The fourth-order valence-corrected chi connectivity index (χ4v) is 6.39. The van der Waals surface area contributed by atoms with Crippen molar-refractivity contribution in [2.45, 2.75) is 18.1 Å². The van der Waals surface area contributed by atoms with Crippen LogP contribution in [0.2, 0.25) is 18.1 Å². The fourth-order valence-electron chi connectivity index (χ4n) is 1.40. The summed E-state index contributed by atoms with van der Waals surface area (Å²) in [6.45, 7) is 10.7. The Kier molecular flexibility index (Phi) is 6.01. The zero-order chi connectivity index (χ0) is 11.9. The predicted octanol–water partition coefficient (Wildman–Crippen LogP) is 2.60. The van der Waals surface area contributed by atoms with Gasteiger partial charge < -0.3 is 14.0 Å². The first-order valence-electron chi connectivity index (χ1n) is 4.48. The van der Waals surface area contributed by atoms with Crippen LogP contribution in [0, 0.1) is 0 Å². The fraction of sp³-hybridized carbons (Fsp3) is 0.333. The molecule has 6 heteroatoms. The van der Waals surface area contributed by atoms with E-state index in [0.717, 1.165) is 0 Å². The van der Waals surface area contributed by atoms with E-state index in [1.807, 2.05) is 0 Å². The third-order valence-corrected chi connectivity index (χ3v) is 7.46. The zero-order valence-electron chi connectivity index (χ0n) is 8.63. The monoisotopic (exact) mass is 248 g/mol. The van der Waals surface area contributed by atoms with Gasteiger partial charge in [-0.25, -0.2) is 4.57 Å². The number of hydrogen-bond donors (Lipinski definition) is 2. The summed E-state index contributed by atoms with van der Waals surface area (Å²) in [4.78, 5) is 17.7. The molecule has 0 aromatic carbocycles. The minimum absolute atomic E-state index is 0.468. The van der Waals surface area contributed by atoms with Crippen LogP contribution in [0.4, 0.5) is 0 Å². The molecule has 0 amide bonds. The predicted molar refractivity (Wildman–Crippen MR) is 63.9 cm³/mol. The highest BCUT2D eigenvalue weighted by Crippen LogP contribution is 2.44. The Morgan fingerprint density at radius 2 is 1.40 bits per heavy atom. The van der Waals surface area contributed by atoms with Gasteiger partial charge in [0, 0.05) is 0 Å².